The molecule has 1 heterocycles. The van der Waals surface area contributed by atoms with Crippen molar-refractivity contribution >= 4 is 23.2 Å². The molecule has 2 rings (SSSR count). The van der Waals surface area contributed by atoms with Crippen molar-refractivity contribution in [2.24, 2.45) is 0 Å². The van der Waals surface area contributed by atoms with E-state index in [4.69, 9.17) is 5.11 Å². The Bertz CT molecular complexity index is 552. The fourth-order valence-electron chi connectivity index (χ4n) is 1.50. The Balaban J connectivity index is 1.80. The molecule has 1 fully saturated rings. The molecule has 5 nitrogen and oxygen atoms in total. The van der Waals surface area contributed by atoms with E-state index in [-0.39, 0.29) is 25.0 Å². The first-order chi connectivity index (χ1) is 9.69. The van der Waals surface area contributed by atoms with Crippen LogP contribution in [0.3, 0.4) is 0 Å². The topological polar surface area (TPSA) is 78.4 Å². The Morgan fingerprint density at radius 2 is 2.25 bits per heavy atom. The summed E-state index contributed by atoms with van der Waals surface area (Å²) >= 11 is 1.37. The number of aliphatic hydroxyl groups excluding tert-OH is 1. The van der Waals surface area contributed by atoms with Crippen LogP contribution >= 0.6 is 11.3 Å². The highest BCUT2D eigenvalue weighted by molar-refractivity contribution is 7.10. The van der Waals surface area contributed by atoms with Crippen molar-refractivity contribution in [2.75, 3.05) is 13.2 Å². The number of thiophene rings is 1. The third kappa shape index (κ3) is 4.68. The number of nitrogens with one attached hydrogen (secondary N) is 2. The minimum atomic E-state index is -0.276. The average molecular weight is 292 g/mol. The Morgan fingerprint density at radius 3 is 2.95 bits per heavy atom. The molecule has 20 heavy (non-hydrogen) atoms. The van der Waals surface area contributed by atoms with Gasteiger partial charge in [0.05, 0.1) is 23.6 Å². The van der Waals surface area contributed by atoms with Crippen LogP contribution in [-0.4, -0.2) is 36.1 Å². The summed E-state index contributed by atoms with van der Waals surface area (Å²) in [6.45, 7) is 0.0263. The lowest BCUT2D eigenvalue weighted by atomic mass is 10.3. The van der Waals surface area contributed by atoms with E-state index in [2.05, 4.69) is 22.5 Å². The van der Waals surface area contributed by atoms with E-state index < -0.39 is 0 Å². The van der Waals surface area contributed by atoms with Gasteiger partial charge < -0.3 is 15.7 Å². The molecular formula is C14H16N2O3S. The Morgan fingerprint density at radius 1 is 1.45 bits per heavy atom. The van der Waals surface area contributed by atoms with Gasteiger partial charge in [-0.25, -0.2) is 0 Å². The van der Waals surface area contributed by atoms with Crippen molar-refractivity contribution in [3.05, 3.63) is 21.9 Å². The molecule has 0 bridgehead atoms. The highest BCUT2D eigenvalue weighted by Gasteiger charge is 2.23. The van der Waals surface area contributed by atoms with E-state index in [1.807, 2.05) is 0 Å². The molecule has 1 aliphatic rings. The largest absolute Gasteiger partial charge is 0.395 e. The number of hydrogen-bond acceptors (Lipinski definition) is 4. The van der Waals surface area contributed by atoms with E-state index in [9.17, 15) is 9.59 Å². The van der Waals surface area contributed by atoms with Crippen molar-refractivity contribution in [3.63, 3.8) is 0 Å². The van der Waals surface area contributed by atoms with Gasteiger partial charge in [-0.05, 0) is 18.9 Å². The molecule has 6 heteroatoms. The SMILES string of the molecule is O=C(CNC(=O)c1csc(C#CCCO)c1)NC1CC1. The molecule has 1 aromatic rings. The van der Waals surface area contributed by atoms with Crippen LogP contribution in [0.5, 0.6) is 0 Å². The van der Waals surface area contributed by atoms with Crippen LogP contribution in [0.4, 0.5) is 0 Å². The van der Waals surface area contributed by atoms with Crippen LogP contribution < -0.4 is 10.6 Å². The van der Waals surface area contributed by atoms with Crippen LogP contribution in [0.15, 0.2) is 11.4 Å². The van der Waals surface area contributed by atoms with E-state index in [0.29, 0.717) is 18.0 Å². The zero-order valence-corrected chi connectivity index (χ0v) is 11.8. The first-order valence-corrected chi connectivity index (χ1v) is 7.33. The summed E-state index contributed by atoms with van der Waals surface area (Å²) in [7, 11) is 0. The molecule has 106 valence electrons. The number of rotatable bonds is 5. The van der Waals surface area contributed by atoms with Crippen LogP contribution in [-0.2, 0) is 4.79 Å². The molecule has 2 amide bonds. The third-order valence-electron chi connectivity index (χ3n) is 2.66. The van der Waals surface area contributed by atoms with Gasteiger partial charge in [-0.1, -0.05) is 11.8 Å². The van der Waals surface area contributed by atoms with Gasteiger partial charge in [0.25, 0.3) is 5.91 Å². The van der Waals surface area contributed by atoms with Gasteiger partial charge in [0.1, 0.15) is 0 Å². The highest BCUT2D eigenvalue weighted by Crippen LogP contribution is 2.18. The van der Waals surface area contributed by atoms with Crippen LogP contribution in [0.25, 0.3) is 0 Å². The molecule has 0 aromatic carbocycles. The lowest BCUT2D eigenvalue weighted by Gasteiger charge is -2.04. The summed E-state index contributed by atoms with van der Waals surface area (Å²) in [4.78, 5) is 24.0. The number of hydrogen-bond donors (Lipinski definition) is 3. The quantitative estimate of drug-likeness (QED) is 0.691. The molecule has 3 N–H and O–H groups in total. The first kappa shape index (κ1) is 14.6. The first-order valence-electron chi connectivity index (χ1n) is 6.45. The number of carbonyl (C=O) groups is 2. The van der Waals surface area contributed by atoms with Gasteiger partial charge >= 0.3 is 0 Å². The normalized spacial score (nSPS) is 13.2. The zero-order chi connectivity index (χ0) is 14.4. The van der Waals surface area contributed by atoms with Crippen molar-refractivity contribution in [1.82, 2.24) is 10.6 Å². The molecule has 0 radical (unpaired) electrons. The third-order valence-corrected chi connectivity index (χ3v) is 3.51. The molecule has 0 unspecified atom stereocenters. The lowest BCUT2D eigenvalue weighted by Crippen LogP contribution is -2.37. The standard InChI is InChI=1S/C14H16N2O3S/c17-6-2-1-3-12-7-10(9-20-12)14(19)15-8-13(18)16-11-4-5-11/h7,9,11,17H,2,4-6,8H2,(H,15,19)(H,16,18). The van der Waals surface area contributed by atoms with Crippen molar-refractivity contribution in [2.45, 2.75) is 25.3 Å². The van der Waals surface area contributed by atoms with Crippen LogP contribution in [0, 0.1) is 11.8 Å². The molecule has 1 saturated carbocycles. The fourth-order valence-corrected chi connectivity index (χ4v) is 2.25. The van der Waals surface area contributed by atoms with E-state index in [0.717, 1.165) is 17.7 Å². The Hall–Kier alpha value is -1.84. The number of aliphatic hydroxyl groups is 1. The molecule has 0 atom stereocenters. The van der Waals surface area contributed by atoms with Crippen LogP contribution in [0.2, 0.25) is 0 Å². The maximum absolute atomic E-state index is 11.8. The molecule has 0 saturated heterocycles. The van der Waals surface area contributed by atoms with Gasteiger partial charge in [0.15, 0.2) is 0 Å². The minimum absolute atomic E-state index is 0.00327. The van der Waals surface area contributed by atoms with Crippen molar-refractivity contribution < 1.29 is 14.7 Å². The predicted octanol–water partition coefficient (Wildman–Crippen LogP) is 0.490. The van der Waals surface area contributed by atoms with Gasteiger partial charge in [0.2, 0.25) is 5.91 Å². The molecule has 0 spiro atoms. The van der Waals surface area contributed by atoms with E-state index in [1.165, 1.54) is 11.3 Å². The fraction of sp³-hybridized carbons (Fsp3) is 0.429. The lowest BCUT2D eigenvalue weighted by molar-refractivity contribution is -0.120. The Kier molecular flexibility index (Phi) is 5.16. The second kappa shape index (κ2) is 7.08. The van der Waals surface area contributed by atoms with Crippen molar-refractivity contribution in [1.29, 1.82) is 0 Å². The summed E-state index contributed by atoms with van der Waals surface area (Å²) in [5, 5.41) is 15.7. The molecular weight excluding hydrogens is 276 g/mol. The minimum Gasteiger partial charge on any atom is -0.395 e. The van der Waals surface area contributed by atoms with E-state index in [1.54, 1.807) is 11.4 Å². The summed E-state index contributed by atoms with van der Waals surface area (Å²) in [6, 6.07) is 1.98. The van der Waals surface area contributed by atoms with Gasteiger partial charge in [-0.15, -0.1) is 11.3 Å². The average Bonchev–Trinajstić information content (AvgIpc) is 3.11. The van der Waals surface area contributed by atoms with Crippen molar-refractivity contribution in [3.8, 4) is 11.8 Å². The number of amides is 2. The smallest absolute Gasteiger partial charge is 0.252 e. The maximum atomic E-state index is 11.8. The summed E-state index contributed by atoms with van der Waals surface area (Å²) in [5.74, 6) is 5.24. The zero-order valence-electron chi connectivity index (χ0n) is 10.9. The van der Waals surface area contributed by atoms with Gasteiger partial charge in [0, 0.05) is 17.8 Å². The maximum Gasteiger partial charge on any atom is 0.252 e. The highest BCUT2D eigenvalue weighted by atomic mass is 32.1. The molecule has 0 aliphatic heterocycles. The predicted molar refractivity (Wildman–Crippen MR) is 76.4 cm³/mol. The molecule has 1 aromatic heterocycles. The second-order valence-corrected chi connectivity index (χ2v) is 5.41. The van der Waals surface area contributed by atoms with Gasteiger partial charge in [-0.2, -0.15) is 0 Å². The summed E-state index contributed by atoms with van der Waals surface area (Å²) in [5.41, 5.74) is 0.502. The summed E-state index contributed by atoms with van der Waals surface area (Å²) < 4.78 is 0. The molecule has 1 aliphatic carbocycles. The summed E-state index contributed by atoms with van der Waals surface area (Å²) in [6.07, 6.45) is 2.47. The van der Waals surface area contributed by atoms with Gasteiger partial charge in [-0.3, -0.25) is 9.59 Å². The number of carbonyl (C=O) groups excluding carboxylic acids is 2. The van der Waals surface area contributed by atoms with Crippen LogP contribution in [0.1, 0.15) is 34.5 Å². The van der Waals surface area contributed by atoms with E-state index >= 15 is 0 Å². The monoisotopic (exact) mass is 292 g/mol. The Labute approximate surface area is 121 Å². The second-order valence-electron chi connectivity index (χ2n) is 4.50.